The third-order valence-electron chi connectivity index (χ3n) is 9.18. The zero-order valence-corrected chi connectivity index (χ0v) is 22.1. The Bertz CT molecular complexity index is 1300. The molecule has 198 valence electrons. The van der Waals surface area contributed by atoms with Crippen molar-refractivity contribution < 1.29 is 20.4 Å². The van der Waals surface area contributed by atoms with Crippen LogP contribution in [0.3, 0.4) is 0 Å². The maximum Gasteiger partial charge on any atom is 0.0608 e. The molecule has 2 unspecified atom stereocenters. The van der Waals surface area contributed by atoms with Gasteiger partial charge in [-0.2, -0.15) is 0 Å². The normalized spacial score (nSPS) is 27.0. The highest BCUT2D eigenvalue weighted by Crippen LogP contribution is 2.37. The van der Waals surface area contributed by atoms with E-state index in [4.69, 9.17) is 0 Å². The molecule has 5 rings (SSSR count). The van der Waals surface area contributed by atoms with Crippen molar-refractivity contribution >= 4 is 33.2 Å². The van der Waals surface area contributed by atoms with Gasteiger partial charge in [0.15, 0.2) is 0 Å². The van der Waals surface area contributed by atoms with Crippen LogP contribution >= 0.6 is 0 Å². The lowest BCUT2D eigenvalue weighted by molar-refractivity contribution is 0.0424. The summed E-state index contributed by atoms with van der Waals surface area (Å²) in [6, 6.07) is 13.0. The van der Waals surface area contributed by atoms with E-state index in [1.807, 2.05) is 0 Å². The summed E-state index contributed by atoms with van der Waals surface area (Å²) in [5, 5.41) is 47.7. The average molecular weight is 503 g/mol. The molecule has 2 aliphatic carbocycles. The molecule has 0 aromatic heterocycles. The molecule has 4 heteroatoms. The summed E-state index contributed by atoms with van der Waals surface area (Å²) in [6.45, 7) is 6.49. The highest BCUT2D eigenvalue weighted by atomic mass is 16.3. The molecule has 37 heavy (non-hydrogen) atoms. The Morgan fingerprint density at radius 3 is 2.03 bits per heavy atom. The number of benzene rings is 3. The van der Waals surface area contributed by atoms with Gasteiger partial charge in [-0.1, -0.05) is 49.1 Å². The van der Waals surface area contributed by atoms with Gasteiger partial charge >= 0.3 is 0 Å². The van der Waals surface area contributed by atoms with Gasteiger partial charge in [0.2, 0.25) is 0 Å². The maximum absolute atomic E-state index is 11.1. The standard InChI is InChI=1S/C33H42O4/c1-3-21-10-17-29-25(19-31(37)23-8-14-27(35)15-9-23)5-4-24-11-16-28(32(21)33(24)29)20(2)18-30(36)22-6-12-26(34)13-7-22/h3-5,10-11,16-17,22-23,26-27,30-31,34-37H,2,6-9,12-15,18-19H2,1H3/b21-3-. The van der Waals surface area contributed by atoms with Gasteiger partial charge in [-0.05, 0) is 126 Å². The first-order chi connectivity index (χ1) is 17.9. The first-order valence-corrected chi connectivity index (χ1v) is 14.2. The molecule has 3 aromatic rings. The minimum Gasteiger partial charge on any atom is -0.393 e. The Hall–Kier alpha value is -2.24. The second-order valence-electron chi connectivity index (χ2n) is 11.6. The molecule has 2 fully saturated rings. The van der Waals surface area contributed by atoms with Gasteiger partial charge in [0.05, 0.1) is 24.4 Å². The van der Waals surface area contributed by atoms with Crippen molar-refractivity contribution in [2.75, 3.05) is 0 Å². The van der Waals surface area contributed by atoms with Crippen molar-refractivity contribution in [2.45, 2.75) is 95.5 Å². The smallest absolute Gasteiger partial charge is 0.0608 e. The summed E-state index contributed by atoms with van der Waals surface area (Å²) in [7, 11) is 0. The molecular weight excluding hydrogens is 460 g/mol. The van der Waals surface area contributed by atoms with Crippen molar-refractivity contribution in [3.8, 4) is 0 Å². The fraction of sp³-hybridized carbons (Fsp3) is 0.515. The van der Waals surface area contributed by atoms with E-state index in [2.05, 4.69) is 56.0 Å². The zero-order valence-electron chi connectivity index (χ0n) is 22.1. The topological polar surface area (TPSA) is 80.9 Å². The number of rotatable bonds is 7. The number of hydrogen-bond acceptors (Lipinski definition) is 4. The summed E-state index contributed by atoms with van der Waals surface area (Å²) >= 11 is 0. The summed E-state index contributed by atoms with van der Waals surface area (Å²) < 4.78 is 0. The van der Waals surface area contributed by atoms with Gasteiger partial charge in [-0.25, -0.2) is 0 Å². The van der Waals surface area contributed by atoms with E-state index in [1.54, 1.807) is 0 Å². The molecule has 2 saturated carbocycles. The van der Waals surface area contributed by atoms with Crippen LogP contribution in [0.5, 0.6) is 0 Å². The summed E-state index contributed by atoms with van der Waals surface area (Å²) in [5.41, 5.74) is 3.18. The molecule has 4 N–H and O–H groups in total. The zero-order chi connectivity index (χ0) is 26.1. The minimum atomic E-state index is -0.453. The first-order valence-electron chi connectivity index (χ1n) is 14.2. The van der Waals surface area contributed by atoms with E-state index in [0.717, 1.165) is 73.3 Å². The lowest BCUT2D eigenvalue weighted by Crippen LogP contribution is -2.29. The van der Waals surface area contributed by atoms with E-state index in [1.165, 1.54) is 21.5 Å². The Kier molecular flexibility index (Phi) is 8.02. The Morgan fingerprint density at radius 1 is 0.811 bits per heavy atom. The molecule has 2 atom stereocenters. The Balaban J connectivity index is 1.47. The Labute approximate surface area is 220 Å². The number of aliphatic hydroxyl groups excluding tert-OH is 4. The Morgan fingerprint density at radius 2 is 1.41 bits per heavy atom. The monoisotopic (exact) mass is 502 g/mol. The van der Waals surface area contributed by atoms with Crippen LogP contribution < -0.4 is 5.22 Å². The van der Waals surface area contributed by atoms with Gasteiger partial charge in [-0.3, -0.25) is 0 Å². The molecule has 0 saturated heterocycles. The van der Waals surface area contributed by atoms with Crippen LogP contribution in [-0.4, -0.2) is 44.8 Å². The van der Waals surface area contributed by atoms with Crippen molar-refractivity contribution in [1.82, 2.24) is 0 Å². The van der Waals surface area contributed by atoms with Gasteiger partial charge in [0.25, 0.3) is 0 Å². The van der Waals surface area contributed by atoms with Crippen molar-refractivity contribution in [3.63, 3.8) is 0 Å². The van der Waals surface area contributed by atoms with Crippen LogP contribution in [0, 0.1) is 11.8 Å². The van der Waals surface area contributed by atoms with Gasteiger partial charge in [-0.15, -0.1) is 0 Å². The van der Waals surface area contributed by atoms with Crippen LogP contribution in [0.1, 0.15) is 75.8 Å². The highest BCUT2D eigenvalue weighted by molar-refractivity contribution is 6.14. The van der Waals surface area contributed by atoms with Crippen molar-refractivity contribution in [2.24, 2.45) is 11.8 Å². The molecule has 0 spiro atoms. The minimum absolute atomic E-state index is 0.211. The van der Waals surface area contributed by atoms with Crippen LogP contribution in [0.4, 0.5) is 0 Å². The third kappa shape index (κ3) is 5.49. The van der Waals surface area contributed by atoms with E-state index in [-0.39, 0.29) is 24.0 Å². The summed E-state index contributed by atoms with van der Waals surface area (Å²) in [4.78, 5) is 0. The van der Waals surface area contributed by atoms with E-state index < -0.39 is 12.2 Å². The predicted octanol–water partition coefficient (Wildman–Crippen LogP) is 5.28. The van der Waals surface area contributed by atoms with Crippen molar-refractivity contribution in [1.29, 1.82) is 0 Å². The van der Waals surface area contributed by atoms with Crippen LogP contribution in [0.2, 0.25) is 0 Å². The van der Waals surface area contributed by atoms with E-state index >= 15 is 0 Å². The van der Waals surface area contributed by atoms with E-state index in [9.17, 15) is 20.4 Å². The van der Waals surface area contributed by atoms with Gasteiger partial charge in [0.1, 0.15) is 0 Å². The maximum atomic E-state index is 11.1. The largest absolute Gasteiger partial charge is 0.393 e. The van der Waals surface area contributed by atoms with Crippen LogP contribution in [0.25, 0.3) is 33.2 Å². The van der Waals surface area contributed by atoms with Crippen molar-refractivity contribution in [3.05, 3.63) is 59.3 Å². The second-order valence-corrected chi connectivity index (χ2v) is 11.6. The molecule has 2 aliphatic rings. The van der Waals surface area contributed by atoms with Gasteiger partial charge < -0.3 is 20.4 Å². The fourth-order valence-corrected chi connectivity index (χ4v) is 6.84. The average Bonchev–Trinajstić information content (AvgIpc) is 2.90. The number of aliphatic hydroxyl groups is 4. The fourth-order valence-electron chi connectivity index (χ4n) is 6.84. The quantitative estimate of drug-likeness (QED) is 0.354. The molecule has 0 aliphatic heterocycles. The predicted molar refractivity (Wildman–Crippen MR) is 152 cm³/mol. The lowest BCUT2D eigenvalue weighted by Gasteiger charge is -2.30. The molecule has 3 aromatic carbocycles. The SMILES string of the molecule is C=C(CC(O)C1CCC(O)CC1)c1ccc2ccc(CC(O)C3CCC(O)CC3)c3cc/c(=C/C)c1c23. The number of hydrogen-bond donors (Lipinski definition) is 4. The first kappa shape index (κ1) is 26.4. The van der Waals surface area contributed by atoms with E-state index in [0.29, 0.717) is 12.8 Å². The third-order valence-corrected chi connectivity index (χ3v) is 9.18. The van der Waals surface area contributed by atoms with Crippen LogP contribution in [0.15, 0.2) is 43.0 Å². The lowest BCUT2D eigenvalue weighted by atomic mass is 9.80. The molecule has 0 heterocycles. The molecule has 0 amide bonds. The second kappa shape index (κ2) is 11.2. The molecule has 4 nitrogen and oxygen atoms in total. The van der Waals surface area contributed by atoms with Crippen LogP contribution in [-0.2, 0) is 6.42 Å². The van der Waals surface area contributed by atoms with Gasteiger partial charge in [0, 0.05) is 0 Å². The molecule has 0 radical (unpaired) electrons. The highest BCUT2D eigenvalue weighted by Gasteiger charge is 2.28. The molecular formula is C33H42O4. The summed E-state index contributed by atoms with van der Waals surface area (Å²) in [5.74, 6) is 0.445. The molecule has 0 bridgehead atoms. The summed E-state index contributed by atoms with van der Waals surface area (Å²) in [6.07, 6.45) is 8.53.